The van der Waals surface area contributed by atoms with Crippen LogP contribution in [0.5, 0.6) is 0 Å². The first-order valence-electron chi connectivity index (χ1n) is 6.12. The Labute approximate surface area is 97.1 Å². The van der Waals surface area contributed by atoms with Gasteiger partial charge in [-0.05, 0) is 24.0 Å². The molecule has 16 heavy (non-hydrogen) atoms. The number of aldehydes is 1. The van der Waals surface area contributed by atoms with Crippen LogP contribution in [-0.2, 0) is 16.8 Å². The molecule has 1 N–H and O–H groups in total. The molecule has 1 aromatic carbocycles. The average molecular weight is 217 g/mol. The van der Waals surface area contributed by atoms with E-state index in [-0.39, 0.29) is 0 Å². The van der Waals surface area contributed by atoms with E-state index >= 15 is 0 Å². The lowest BCUT2D eigenvalue weighted by Gasteiger charge is -2.35. The van der Waals surface area contributed by atoms with E-state index in [0.717, 1.165) is 38.5 Å². The standard InChI is InChI=1S/C14H19NO/c1-2-3-9-14(11-16)13-7-5-4-6-12(13)8-10-15-14/h4-7,11,15H,2-3,8-10H2,1H3. The lowest BCUT2D eigenvalue weighted by molar-refractivity contribution is -0.114. The molecule has 0 spiro atoms. The van der Waals surface area contributed by atoms with E-state index in [9.17, 15) is 4.79 Å². The van der Waals surface area contributed by atoms with Gasteiger partial charge >= 0.3 is 0 Å². The number of benzene rings is 1. The van der Waals surface area contributed by atoms with Crippen LogP contribution in [0.1, 0.15) is 37.3 Å². The Balaban J connectivity index is 2.36. The number of carbonyl (C=O) groups excluding carboxylic acids is 1. The summed E-state index contributed by atoms with van der Waals surface area (Å²) in [6.45, 7) is 3.06. The van der Waals surface area contributed by atoms with Crippen LogP contribution >= 0.6 is 0 Å². The molecule has 2 heteroatoms. The summed E-state index contributed by atoms with van der Waals surface area (Å²) in [7, 11) is 0. The van der Waals surface area contributed by atoms with Gasteiger partial charge in [0, 0.05) is 6.54 Å². The molecule has 0 radical (unpaired) electrons. The summed E-state index contributed by atoms with van der Waals surface area (Å²) in [6, 6.07) is 8.31. The fourth-order valence-electron chi connectivity index (χ4n) is 2.53. The van der Waals surface area contributed by atoms with Gasteiger partial charge in [-0.15, -0.1) is 0 Å². The summed E-state index contributed by atoms with van der Waals surface area (Å²) in [5, 5.41) is 3.41. The van der Waals surface area contributed by atoms with E-state index in [4.69, 9.17) is 0 Å². The molecule has 1 heterocycles. The molecule has 0 aromatic heterocycles. The van der Waals surface area contributed by atoms with Crippen LogP contribution in [0.15, 0.2) is 24.3 Å². The lowest BCUT2D eigenvalue weighted by atomic mass is 9.80. The molecule has 1 aromatic rings. The number of fused-ring (bicyclic) bond motifs is 1. The summed E-state index contributed by atoms with van der Waals surface area (Å²) in [4.78, 5) is 11.5. The van der Waals surface area contributed by atoms with Crippen molar-refractivity contribution in [1.29, 1.82) is 0 Å². The zero-order chi connectivity index (χ0) is 11.4. The third kappa shape index (κ3) is 1.90. The zero-order valence-electron chi connectivity index (χ0n) is 9.83. The predicted octanol–water partition coefficient (Wildman–Crippen LogP) is 2.42. The lowest BCUT2D eigenvalue weighted by Crippen LogP contribution is -2.48. The summed E-state index contributed by atoms with van der Waals surface area (Å²) < 4.78 is 0. The van der Waals surface area contributed by atoms with E-state index in [1.54, 1.807) is 0 Å². The molecule has 0 fully saturated rings. The van der Waals surface area contributed by atoms with Gasteiger partial charge in [0.15, 0.2) is 0 Å². The number of unbranched alkanes of at least 4 members (excludes halogenated alkanes) is 1. The molecular formula is C14H19NO. The Bertz CT molecular complexity index is 375. The zero-order valence-corrected chi connectivity index (χ0v) is 9.83. The summed E-state index contributed by atoms with van der Waals surface area (Å²) in [5.74, 6) is 0. The second-order valence-electron chi connectivity index (χ2n) is 4.53. The smallest absolute Gasteiger partial charge is 0.144 e. The van der Waals surface area contributed by atoms with Gasteiger partial charge < -0.3 is 10.1 Å². The van der Waals surface area contributed by atoms with Gasteiger partial charge in [0.1, 0.15) is 11.8 Å². The molecule has 2 rings (SSSR count). The Morgan fingerprint density at radius 3 is 3.00 bits per heavy atom. The topological polar surface area (TPSA) is 29.1 Å². The first-order valence-corrected chi connectivity index (χ1v) is 6.12. The number of rotatable bonds is 4. The third-order valence-corrected chi connectivity index (χ3v) is 3.46. The number of carbonyl (C=O) groups is 1. The Morgan fingerprint density at radius 2 is 2.25 bits per heavy atom. The Morgan fingerprint density at radius 1 is 1.44 bits per heavy atom. The summed E-state index contributed by atoms with van der Waals surface area (Å²) in [6.07, 6.45) is 5.24. The molecule has 0 aliphatic carbocycles. The van der Waals surface area contributed by atoms with Crippen LogP contribution in [-0.4, -0.2) is 12.8 Å². The first-order chi connectivity index (χ1) is 7.82. The van der Waals surface area contributed by atoms with Gasteiger partial charge in [-0.25, -0.2) is 0 Å². The average Bonchev–Trinajstić information content (AvgIpc) is 2.36. The van der Waals surface area contributed by atoms with Gasteiger partial charge in [0.05, 0.1) is 0 Å². The van der Waals surface area contributed by atoms with Crippen molar-refractivity contribution in [3.63, 3.8) is 0 Å². The van der Waals surface area contributed by atoms with Crippen molar-refractivity contribution in [1.82, 2.24) is 5.32 Å². The number of nitrogens with one attached hydrogen (secondary N) is 1. The maximum absolute atomic E-state index is 11.5. The van der Waals surface area contributed by atoms with Crippen molar-refractivity contribution in [2.45, 2.75) is 38.1 Å². The highest BCUT2D eigenvalue weighted by Crippen LogP contribution is 2.31. The van der Waals surface area contributed by atoms with Crippen molar-refractivity contribution < 1.29 is 4.79 Å². The van der Waals surface area contributed by atoms with Crippen LogP contribution in [0.2, 0.25) is 0 Å². The largest absolute Gasteiger partial charge is 0.301 e. The molecule has 2 nitrogen and oxygen atoms in total. The molecule has 0 amide bonds. The number of hydrogen-bond donors (Lipinski definition) is 1. The van der Waals surface area contributed by atoms with Crippen molar-refractivity contribution in [3.05, 3.63) is 35.4 Å². The van der Waals surface area contributed by atoms with Crippen LogP contribution in [0.25, 0.3) is 0 Å². The van der Waals surface area contributed by atoms with Crippen LogP contribution in [0.4, 0.5) is 0 Å². The quantitative estimate of drug-likeness (QED) is 0.785. The van der Waals surface area contributed by atoms with Gasteiger partial charge in [0.2, 0.25) is 0 Å². The van der Waals surface area contributed by atoms with E-state index in [1.807, 2.05) is 6.07 Å². The molecule has 86 valence electrons. The maximum Gasteiger partial charge on any atom is 0.144 e. The maximum atomic E-state index is 11.5. The highest BCUT2D eigenvalue weighted by molar-refractivity contribution is 5.69. The molecule has 1 aliphatic rings. The summed E-state index contributed by atoms with van der Waals surface area (Å²) >= 11 is 0. The van der Waals surface area contributed by atoms with Gasteiger partial charge in [0.25, 0.3) is 0 Å². The second kappa shape index (κ2) is 4.79. The molecule has 1 aliphatic heterocycles. The molecule has 1 unspecified atom stereocenters. The van der Waals surface area contributed by atoms with E-state index in [2.05, 4.69) is 30.4 Å². The molecule has 1 atom stereocenters. The van der Waals surface area contributed by atoms with Crippen LogP contribution < -0.4 is 5.32 Å². The van der Waals surface area contributed by atoms with E-state index in [0.29, 0.717) is 0 Å². The van der Waals surface area contributed by atoms with Crippen molar-refractivity contribution in [2.24, 2.45) is 0 Å². The fourth-order valence-corrected chi connectivity index (χ4v) is 2.53. The third-order valence-electron chi connectivity index (χ3n) is 3.46. The fraction of sp³-hybridized carbons (Fsp3) is 0.500. The molecule has 0 bridgehead atoms. The van der Waals surface area contributed by atoms with Crippen molar-refractivity contribution >= 4 is 6.29 Å². The van der Waals surface area contributed by atoms with E-state index < -0.39 is 5.54 Å². The first kappa shape index (κ1) is 11.3. The highest BCUT2D eigenvalue weighted by atomic mass is 16.1. The number of hydrogen-bond acceptors (Lipinski definition) is 2. The van der Waals surface area contributed by atoms with Crippen LogP contribution in [0.3, 0.4) is 0 Å². The molecule has 0 saturated carbocycles. The van der Waals surface area contributed by atoms with Gasteiger partial charge in [-0.1, -0.05) is 44.0 Å². The summed E-state index contributed by atoms with van der Waals surface area (Å²) in [5.41, 5.74) is 2.08. The SMILES string of the molecule is CCCCC1(C=O)NCCc2ccccc21. The van der Waals surface area contributed by atoms with Crippen molar-refractivity contribution in [3.8, 4) is 0 Å². The van der Waals surface area contributed by atoms with Crippen LogP contribution in [0, 0.1) is 0 Å². The highest BCUT2D eigenvalue weighted by Gasteiger charge is 2.34. The normalized spacial score (nSPS) is 23.8. The molecule has 0 saturated heterocycles. The monoisotopic (exact) mass is 217 g/mol. The van der Waals surface area contributed by atoms with Crippen molar-refractivity contribution in [2.75, 3.05) is 6.54 Å². The van der Waals surface area contributed by atoms with Gasteiger partial charge in [-0.2, -0.15) is 0 Å². The Hall–Kier alpha value is -1.15. The second-order valence-corrected chi connectivity index (χ2v) is 4.53. The predicted molar refractivity (Wildman–Crippen MR) is 65.4 cm³/mol. The minimum Gasteiger partial charge on any atom is -0.301 e. The minimum atomic E-state index is -0.426. The molecular weight excluding hydrogens is 198 g/mol. The van der Waals surface area contributed by atoms with E-state index in [1.165, 1.54) is 11.1 Å². The van der Waals surface area contributed by atoms with Gasteiger partial charge in [-0.3, -0.25) is 0 Å². The Kier molecular flexibility index (Phi) is 3.39. The minimum absolute atomic E-state index is 0.426.